The number of nitrogen functional groups attached to an aromatic ring is 1. The van der Waals surface area contributed by atoms with Gasteiger partial charge in [-0.15, -0.1) is 0 Å². The maximum absolute atomic E-state index is 5.33. The molecule has 18 heavy (non-hydrogen) atoms. The van der Waals surface area contributed by atoms with E-state index < -0.39 is 0 Å². The third kappa shape index (κ3) is 3.42. The first-order chi connectivity index (χ1) is 8.78. The number of nitrogens with two attached hydrogens (primary N) is 1. The summed E-state index contributed by atoms with van der Waals surface area (Å²) in [5.74, 6) is 7.40. The molecule has 0 bridgehead atoms. The Morgan fingerprint density at radius 1 is 1.33 bits per heavy atom. The molecule has 2 rings (SSSR count). The lowest BCUT2D eigenvalue weighted by Gasteiger charge is -2.08. The zero-order chi connectivity index (χ0) is 12.8. The summed E-state index contributed by atoms with van der Waals surface area (Å²) < 4.78 is 2.04. The minimum absolute atomic E-state index is 0.611. The van der Waals surface area contributed by atoms with Crippen molar-refractivity contribution < 1.29 is 0 Å². The van der Waals surface area contributed by atoms with Crippen molar-refractivity contribution in [2.75, 3.05) is 17.3 Å². The second-order valence-corrected chi connectivity index (χ2v) is 3.91. The van der Waals surface area contributed by atoms with Gasteiger partial charge in [-0.25, -0.2) is 20.8 Å². The molecule has 96 valence electrons. The fourth-order valence-electron chi connectivity index (χ4n) is 1.63. The van der Waals surface area contributed by atoms with Crippen LogP contribution < -0.4 is 16.6 Å². The van der Waals surface area contributed by atoms with Crippen LogP contribution in [0.15, 0.2) is 24.8 Å². The van der Waals surface area contributed by atoms with Crippen LogP contribution in [0.3, 0.4) is 0 Å². The second kappa shape index (κ2) is 5.97. The summed E-state index contributed by atoms with van der Waals surface area (Å²) in [6.45, 7) is 3.59. The molecule has 7 nitrogen and oxygen atoms in total. The smallest absolute Gasteiger partial charge is 0.145 e. The minimum Gasteiger partial charge on any atom is -0.370 e. The van der Waals surface area contributed by atoms with Crippen molar-refractivity contribution >= 4 is 11.6 Å². The number of hydrogen-bond donors (Lipinski definition) is 3. The lowest BCUT2D eigenvalue weighted by atomic mass is 10.4. The maximum atomic E-state index is 5.33. The van der Waals surface area contributed by atoms with Crippen LogP contribution in [0.1, 0.15) is 12.2 Å². The number of anilines is 2. The quantitative estimate of drug-likeness (QED) is 0.396. The number of nitrogens with zero attached hydrogens (tertiary/aromatic N) is 4. The number of aromatic nitrogens is 4. The number of rotatable bonds is 6. The highest BCUT2D eigenvalue weighted by Gasteiger charge is 2.00. The van der Waals surface area contributed by atoms with Crippen LogP contribution >= 0.6 is 0 Å². The highest BCUT2D eigenvalue weighted by Crippen LogP contribution is 2.09. The molecule has 2 heterocycles. The predicted octanol–water partition coefficient (Wildman–Crippen LogP) is 0.769. The fraction of sp³-hybridized carbons (Fsp3) is 0.364. The largest absolute Gasteiger partial charge is 0.370 e. The van der Waals surface area contributed by atoms with E-state index in [1.54, 1.807) is 12.3 Å². The average Bonchev–Trinajstić information content (AvgIpc) is 2.87. The molecular formula is C11H17N7. The molecule has 0 amide bonds. The number of aryl methyl sites for hydroxylation is 2. The molecule has 0 spiro atoms. The van der Waals surface area contributed by atoms with Crippen LogP contribution in [0.5, 0.6) is 0 Å². The van der Waals surface area contributed by atoms with Crippen molar-refractivity contribution in [2.45, 2.75) is 19.9 Å². The number of hydrogen-bond acceptors (Lipinski definition) is 6. The number of hydrazine groups is 1. The molecule has 2 aromatic rings. The molecule has 0 aromatic carbocycles. The van der Waals surface area contributed by atoms with E-state index in [0.717, 1.165) is 25.3 Å². The first-order valence-corrected chi connectivity index (χ1v) is 5.80. The highest BCUT2D eigenvalue weighted by molar-refractivity contribution is 5.46. The van der Waals surface area contributed by atoms with Crippen LogP contribution in [-0.4, -0.2) is 26.1 Å². The number of imidazole rings is 1. The summed E-state index contributed by atoms with van der Waals surface area (Å²) in [4.78, 5) is 12.4. The molecule has 0 atom stereocenters. The third-order valence-electron chi connectivity index (χ3n) is 2.44. The SMILES string of the molecule is Cc1nc(NN)cc(NCCCn2ccnc2)n1. The monoisotopic (exact) mass is 247 g/mol. The Kier molecular flexibility index (Phi) is 4.08. The Morgan fingerprint density at radius 3 is 2.89 bits per heavy atom. The topological polar surface area (TPSA) is 93.7 Å². The van der Waals surface area contributed by atoms with Crippen LogP contribution in [-0.2, 0) is 6.54 Å². The highest BCUT2D eigenvalue weighted by atomic mass is 15.3. The summed E-state index contributed by atoms with van der Waals surface area (Å²) in [6, 6.07) is 1.78. The molecule has 0 fully saturated rings. The van der Waals surface area contributed by atoms with Gasteiger partial charge < -0.3 is 15.3 Å². The maximum Gasteiger partial charge on any atom is 0.145 e. The molecule has 0 radical (unpaired) electrons. The Bertz CT molecular complexity index is 480. The Balaban J connectivity index is 1.81. The second-order valence-electron chi connectivity index (χ2n) is 3.91. The van der Waals surface area contributed by atoms with Crippen LogP contribution in [0.2, 0.25) is 0 Å². The Labute approximate surface area is 105 Å². The van der Waals surface area contributed by atoms with Gasteiger partial charge >= 0.3 is 0 Å². The van der Waals surface area contributed by atoms with Crippen LogP contribution in [0, 0.1) is 6.92 Å². The van der Waals surface area contributed by atoms with Crippen LogP contribution in [0.25, 0.3) is 0 Å². The van der Waals surface area contributed by atoms with E-state index in [0.29, 0.717) is 11.6 Å². The standard InChI is InChI=1S/C11H17N7/c1-9-15-10(7-11(16-9)17-12)14-3-2-5-18-6-4-13-8-18/h4,6-8H,2-3,5,12H2,1H3,(H2,14,15,16,17). The lowest BCUT2D eigenvalue weighted by Crippen LogP contribution is -2.12. The summed E-state index contributed by atoms with van der Waals surface area (Å²) >= 11 is 0. The molecule has 0 unspecified atom stereocenters. The summed E-state index contributed by atoms with van der Waals surface area (Å²) in [7, 11) is 0. The van der Waals surface area contributed by atoms with E-state index in [9.17, 15) is 0 Å². The third-order valence-corrected chi connectivity index (χ3v) is 2.44. The molecular weight excluding hydrogens is 230 g/mol. The molecule has 0 aliphatic rings. The molecule has 2 aromatic heterocycles. The summed E-state index contributed by atoms with van der Waals surface area (Å²) in [5, 5.41) is 3.24. The molecule has 4 N–H and O–H groups in total. The van der Waals surface area contributed by atoms with Crippen molar-refractivity contribution in [2.24, 2.45) is 5.84 Å². The van der Waals surface area contributed by atoms with E-state index in [1.165, 1.54) is 0 Å². The van der Waals surface area contributed by atoms with Gasteiger partial charge in [-0.3, -0.25) is 0 Å². The molecule has 0 saturated carbocycles. The predicted molar refractivity (Wildman–Crippen MR) is 69.9 cm³/mol. The van der Waals surface area contributed by atoms with E-state index >= 15 is 0 Å². The van der Waals surface area contributed by atoms with Crippen molar-refractivity contribution in [1.82, 2.24) is 19.5 Å². The van der Waals surface area contributed by atoms with Gasteiger partial charge in [0, 0.05) is 31.5 Å². The fourth-order valence-corrected chi connectivity index (χ4v) is 1.63. The van der Waals surface area contributed by atoms with Crippen molar-refractivity contribution in [3.05, 3.63) is 30.6 Å². The van der Waals surface area contributed by atoms with Gasteiger partial charge in [0.05, 0.1) is 6.33 Å². The normalized spacial score (nSPS) is 10.3. The summed E-state index contributed by atoms with van der Waals surface area (Å²) in [5.41, 5.74) is 2.52. The zero-order valence-electron chi connectivity index (χ0n) is 10.3. The van der Waals surface area contributed by atoms with Gasteiger partial charge in [-0.05, 0) is 13.3 Å². The van der Waals surface area contributed by atoms with Crippen LogP contribution in [0.4, 0.5) is 11.6 Å². The van der Waals surface area contributed by atoms with Crippen molar-refractivity contribution in [1.29, 1.82) is 0 Å². The average molecular weight is 247 g/mol. The molecule has 0 aliphatic heterocycles. The molecule has 0 aliphatic carbocycles. The number of nitrogens with one attached hydrogen (secondary N) is 2. The minimum atomic E-state index is 0.611. The van der Waals surface area contributed by atoms with Gasteiger partial charge in [0.15, 0.2) is 0 Å². The van der Waals surface area contributed by atoms with Gasteiger partial charge in [0.1, 0.15) is 17.5 Å². The van der Waals surface area contributed by atoms with Crippen molar-refractivity contribution in [3.63, 3.8) is 0 Å². The summed E-state index contributed by atoms with van der Waals surface area (Å²) in [6.07, 6.45) is 6.53. The van der Waals surface area contributed by atoms with Crippen molar-refractivity contribution in [3.8, 4) is 0 Å². The van der Waals surface area contributed by atoms with Gasteiger partial charge in [0.2, 0.25) is 0 Å². The molecule has 7 heteroatoms. The zero-order valence-corrected chi connectivity index (χ0v) is 10.3. The van der Waals surface area contributed by atoms with E-state index in [-0.39, 0.29) is 0 Å². The van der Waals surface area contributed by atoms with Gasteiger partial charge in [0.25, 0.3) is 0 Å². The van der Waals surface area contributed by atoms with E-state index in [2.05, 4.69) is 25.7 Å². The van der Waals surface area contributed by atoms with E-state index in [1.807, 2.05) is 24.0 Å². The Hall–Kier alpha value is -2.15. The van der Waals surface area contributed by atoms with E-state index in [4.69, 9.17) is 5.84 Å². The first-order valence-electron chi connectivity index (χ1n) is 5.80. The van der Waals surface area contributed by atoms with Gasteiger partial charge in [-0.1, -0.05) is 0 Å². The lowest BCUT2D eigenvalue weighted by molar-refractivity contribution is 0.660. The Morgan fingerprint density at radius 2 is 2.17 bits per heavy atom. The molecule has 0 saturated heterocycles. The first kappa shape index (κ1) is 12.3. The van der Waals surface area contributed by atoms with Gasteiger partial charge in [-0.2, -0.15) is 0 Å².